The normalized spacial score (nSPS) is 13.7. The van der Waals surface area contributed by atoms with E-state index >= 15 is 0 Å². The lowest BCUT2D eigenvalue weighted by Gasteiger charge is -2.36. The van der Waals surface area contributed by atoms with Gasteiger partial charge in [-0.05, 0) is 48.5 Å². The molecular weight excluding hydrogens is 440 g/mol. The summed E-state index contributed by atoms with van der Waals surface area (Å²) in [5.74, 6) is 0.384. The van der Waals surface area contributed by atoms with Crippen LogP contribution in [0.4, 0.5) is 30.8 Å². The van der Waals surface area contributed by atoms with Crippen molar-refractivity contribution in [2.75, 3.05) is 9.80 Å². The molecular formula is C22H16ClF2N5O2. The zero-order valence-electron chi connectivity index (χ0n) is 16.7. The van der Waals surface area contributed by atoms with E-state index in [0.29, 0.717) is 23.7 Å². The molecule has 7 nitrogen and oxygen atoms in total. The van der Waals surface area contributed by atoms with Gasteiger partial charge in [0, 0.05) is 29.9 Å². The highest BCUT2D eigenvalue weighted by Gasteiger charge is 2.34. The van der Waals surface area contributed by atoms with Crippen molar-refractivity contribution < 1.29 is 18.3 Å². The molecule has 5 rings (SSSR count). The Morgan fingerprint density at radius 2 is 1.81 bits per heavy atom. The van der Waals surface area contributed by atoms with E-state index in [2.05, 4.69) is 14.8 Å². The number of aromatic nitrogens is 3. The zero-order valence-corrected chi connectivity index (χ0v) is 17.5. The van der Waals surface area contributed by atoms with E-state index in [1.807, 2.05) is 37.5 Å². The van der Waals surface area contributed by atoms with Gasteiger partial charge in [-0.1, -0.05) is 17.7 Å². The first-order chi connectivity index (χ1) is 15.4. The molecule has 32 heavy (non-hydrogen) atoms. The smallest absolute Gasteiger partial charge is 0.387 e. The Kier molecular flexibility index (Phi) is 4.90. The van der Waals surface area contributed by atoms with Crippen LogP contribution in [-0.4, -0.2) is 27.4 Å². The standard InChI is InChI=1S/C22H16ClF2N5O2/c1-28-11-14-10-16(5-8-18(14)27-28)29-12-13-2-9-19(23)26-20(13)30(22(29)31)15-3-6-17(7-4-15)32-21(24)25/h2-11,21H,12H2,1H3. The van der Waals surface area contributed by atoms with E-state index in [4.69, 9.17) is 11.6 Å². The maximum absolute atomic E-state index is 13.6. The fourth-order valence-electron chi connectivity index (χ4n) is 3.74. The topological polar surface area (TPSA) is 63.5 Å². The minimum atomic E-state index is -2.93. The van der Waals surface area contributed by atoms with Gasteiger partial charge >= 0.3 is 12.6 Å². The van der Waals surface area contributed by atoms with Gasteiger partial charge in [-0.25, -0.2) is 14.7 Å². The SMILES string of the molecule is Cn1cc2cc(N3Cc4ccc(Cl)nc4N(c4ccc(OC(F)F)cc4)C3=O)ccc2n1. The number of nitrogens with zero attached hydrogens (tertiary/aromatic N) is 5. The third-order valence-electron chi connectivity index (χ3n) is 5.12. The minimum Gasteiger partial charge on any atom is -0.435 e. The van der Waals surface area contributed by atoms with Gasteiger partial charge in [0.2, 0.25) is 0 Å². The molecule has 3 heterocycles. The summed E-state index contributed by atoms with van der Waals surface area (Å²) in [4.78, 5) is 21.0. The summed E-state index contributed by atoms with van der Waals surface area (Å²) in [7, 11) is 1.83. The Labute approximate surface area is 186 Å². The van der Waals surface area contributed by atoms with E-state index in [1.54, 1.807) is 15.6 Å². The lowest BCUT2D eigenvalue weighted by molar-refractivity contribution is -0.0498. The molecule has 0 spiro atoms. The summed E-state index contributed by atoms with van der Waals surface area (Å²) >= 11 is 6.11. The predicted molar refractivity (Wildman–Crippen MR) is 117 cm³/mol. The number of carbonyl (C=O) groups excluding carboxylic acids is 1. The number of urea groups is 1. The lowest BCUT2D eigenvalue weighted by Crippen LogP contribution is -2.45. The Balaban J connectivity index is 1.58. The average molecular weight is 456 g/mol. The van der Waals surface area contributed by atoms with Gasteiger partial charge in [-0.2, -0.15) is 13.9 Å². The Morgan fingerprint density at radius 1 is 1.06 bits per heavy atom. The zero-order chi connectivity index (χ0) is 22.4. The Morgan fingerprint density at radius 3 is 2.56 bits per heavy atom. The summed E-state index contributed by atoms with van der Waals surface area (Å²) in [6.07, 6.45) is 1.88. The highest BCUT2D eigenvalue weighted by molar-refractivity contribution is 6.29. The van der Waals surface area contributed by atoms with Gasteiger partial charge in [-0.3, -0.25) is 9.58 Å². The molecule has 0 radical (unpaired) electrons. The number of halogens is 3. The first kappa shape index (κ1) is 20.2. The Hall–Kier alpha value is -3.72. The van der Waals surface area contributed by atoms with Crippen LogP contribution >= 0.6 is 11.6 Å². The molecule has 10 heteroatoms. The van der Waals surface area contributed by atoms with Crippen LogP contribution in [0.5, 0.6) is 5.75 Å². The van der Waals surface area contributed by atoms with Gasteiger partial charge in [0.25, 0.3) is 0 Å². The van der Waals surface area contributed by atoms with Crippen molar-refractivity contribution in [2.45, 2.75) is 13.2 Å². The summed E-state index contributed by atoms with van der Waals surface area (Å²) in [5, 5.41) is 5.51. The summed E-state index contributed by atoms with van der Waals surface area (Å²) in [6, 6.07) is 14.5. The molecule has 4 aromatic rings. The van der Waals surface area contributed by atoms with Gasteiger partial charge in [0.15, 0.2) is 0 Å². The molecule has 162 valence electrons. The molecule has 2 aromatic carbocycles. The second-order valence-electron chi connectivity index (χ2n) is 7.24. The number of carbonyl (C=O) groups is 1. The number of amides is 2. The van der Waals surface area contributed by atoms with E-state index < -0.39 is 6.61 Å². The molecule has 1 aliphatic rings. The summed E-state index contributed by atoms with van der Waals surface area (Å²) in [6.45, 7) is -2.63. The quantitative estimate of drug-likeness (QED) is 0.381. The first-order valence-corrected chi connectivity index (χ1v) is 10.0. The number of pyridine rings is 1. The first-order valence-electron chi connectivity index (χ1n) is 9.64. The number of fused-ring (bicyclic) bond motifs is 2. The number of alkyl halides is 2. The summed E-state index contributed by atoms with van der Waals surface area (Å²) in [5.41, 5.74) is 2.74. The maximum atomic E-state index is 13.6. The number of benzene rings is 2. The van der Waals surface area contributed by atoms with Crippen LogP contribution < -0.4 is 14.5 Å². The minimum absolute atomic E-state index is 0.00799. The van der Waals surface area contributed by atoms with Gasteiger partial charge in [0.05, 0.1) is 17.7 Å². The third-order valence-corrected chi connectivity index (χ3v) is 5.33. The molecule has 0 aliphatic carbocycles. The number of hydrogen-bond donors (Lipinski definition) is 0. The third kappa shape index (κ3) is 3.60. The van der Waals surface area contributed by atoms with Crippen LogP contribution in [0.25, 0.3) is 10.9 Å². The Bertz CT molecular complexity index is 1330. The largest absolute Gasteiger partial charge is 0.435 e. The molecule has 0 unspecified atom stereocenters. The van der Waals surface area contributed by atoms with E-state index in [9.17, 15) is 13.6 Å². The van der Waals surface area contributed by atoms with Crippen molar-refractivity contribution >= 4 is 45.7 Å². The number of aryl methyl sites for hydroxylation is 1. The fourth-order valence-corrected chi connectivity index (χ4v) is 3.88. The second-order valence-corrected chi connectivity index (χ2v) is 7.63. The molecule has 1 aliphatic heterocycles. The molecule has 0 fully saturated rings. The summed E-state index contributed by atoms with van der Waals surface area (Å²) < 4.78 is 31.1. The highest BCUT2D eigenvalue weighted by Crippen LogP contribution is 2.37. The van der Waals surface area contributed by atoms with Crippen LogP contribution in [0.2, 0.25) is 5.15 Å². The molecule has 2 aromatic heterocycles. The number of ether oxygens (including phenoxy) is 1. The maximum Gasteiger partial charge on any atom is 0.387 e. The van der Waals surface area contributed by atoms with Gasteiger partial charge in [0.1, 0.15) is 16.7 Å². The monoisotopic (exact) mass is 455 g/mol. The van der Waals surface area contributed by atoms with Gasteiger partial charge < -0.3 is 4.74 Å². The van der Waals surface area contributed by atoms with Crippen molar-refractivity contribution in [1.82, 2.24) is 14.8 Å². The number of rotatable bonds is 4. The van der Waals surface area contributed by atoms with E-state index in [-0.39, 0.29) is 16.9 Å². The molecule has 0 saturated carbocycles. The molecule has 0 N–H and O–H groups in total. The van der Waals surface area contributed by atoms with E-state index in [1.165, 1.54) is 29.2 Å². The van der Waals surface area contributed by atoms with Crippen molar-refractivity contribution in [3.8, 4) is 5.75 Å². The molecule has 0 saturated heterocycles. The van der Waals surface area contributed by atoms with Crippen molar-refractivity contribution in [1.29, 1.82) is 0 Å². The van der Waals surface area contributed by atoms with Crippen LogP contribution in [0.1, 0.15) is 5.56 Å². The van der Waals surface area contributed by atoms with Crippen molar-refractivity contribution in [3.05, 3.63) is 71.5 Å². The molecule has 0 atom stereocenters. The van der Waals surface area contributed by atoms with Gasteiger partial charge in [-0.15, -0.1) is 0 Å². The number of anilines is 3. The fraction of sp³-hybridized carbons (Fsp3) is 0.136. The second kappa shape index (κ2) is 7.76. The molecule has 2 amide bonds. The van der Waals surface area contributed by atoms with Crippen molar-refractivity contribution in [3.63, 3.8) is 0 Å². The lowest BCUT2D eigenvalue weighted by atomic mass is 10.1. The van der Waals surface area contributed by atoms with Crippen LogP contribution in [0.3, 0.4) is 0 Å². The molecule has 0 bridgehead atoms. The average Bonchev–Trinajstić information content (AvgIpc) is 3.13. The van der Waals surface area contributed by atoms with Crippen LogP contribution in [-0.2, 0) is 13.6 Å². The predicted octanol–water partition coefficient (Wildman–Crippen LogP) is 5.50. The van der Waals surface area contributed by atoms with Crippen LogP contribution in [0, 0.1) is 0 Å². The number of hydrogen-bond acceptors (Lipinski definition) is 4. The van der Waals surface area contributed by atoms with E-state index in [0.717, 1.165) is 16.5 Å². The highest BCUT2D eigenvalue weighted by atomic mass is 35.5. The van der Waals surface area contributed by atoms with Crippen LogP contribution in [0.15, 0.2) is 60.8 Å². The van der Waals surface area contributed by atoms with Crippen molar-refractivity contribution in [2.24, 2.45) is 7.05 Å².